The number of hydrogen-bond donors (Lipinski definition) is 0. The van der Waals surface area contributed by atoms with E-state index in [1.165, 1.54) is 96.3 Å². The van der Waals surface area contributed by atoms with Crippen LogP contribution in [0.5, 0.6) is 17.2 Å². The lowest BCUT2D eigenvalue weighted by atomic mass is 10.1. The molecule has 1 aliphatic heterocycles. The lowest BCUT2D eigenvalue weighted by Gasteiger charge is -2.30. The van der Waals surface area contributed by atoms with Gasteiger partial charge in [0.05, 0.1) is 18.8 Å². The Morgan fingerprint density at radius 2 is 1.02 bits per heavy atom. The number of rotatable bonds is 25. The predicted octanol–water partition coefficient (Wildman–Crippen LogP) is 11.5. The molecule has 9 heteroatoms. The third kappa shape index (κ3) is 18.4. The molecule has 0 atom stereocenters. The van der Waals surface area contributed by atoms with Crippen LogP contribution in [0.1, 0.15) is 153 Å². The van der Waals surface area contributed by atoms with Gasteiger partial charge in [0.1, 0.15) is 23.4 Å². The van der Waals surface area contributed by atoms with Crippen LogP contribution in [0, 0.1) is 0 Å². The summed E-state index contributed by atoms with van der Waals surface area (Å²) in [6.07, 6.45) is 21.8. The summed E-state index contributed by atoms with van der Waals surface area (Å²) in [5.41, 5.74) is 0.416. The molecule has 2 aromatic carbocycles. The van der Waals surface area contributed by atoms with Crippen LogP contribution in [0.4, 0.5) is 9.59 Å². The highest BCUT2D eigenvalue weighted by molar-refractivity contribution is 5.91. The SMILES string of the molecule is CCCCCCCCCCCCOC(=O)OC1CCN(C(=O)Oc2ccc(OC(=O)c3ccc(OCCCCCCCCCC)cc3)cc2)CC1. The fraction of sp³-hybridized carbons (Fsp3) is 0.643. The lowest BCUT2D eigenvalue weighted by molar-refractivity contribution is 0.00174. The van der Waals surface area contributed by atoms with Crippen molar-refractivity contribution in [2.24, 2.45) is 0 Å². The summed E-state index contributed by atoms with van der Waals surface area (Å²) in [5, 5.41) is 0. The summed E-state index contributed by atoms with van der Waals surface area (Å²) in [5.74, 6) is 0.927. The molecule has 9 nitrogen and oxygen atoms in total. The van der Waals surface area contributed by atoms with E-state index in [-0.39, 0.29) is 6.10 Å². The molecule has 1 heterocycles. The maximum absolute atomic E-state index is 12.7. The van der Waals surface area contributed by atoms with Crippen LogP contribution in [0.2, 0.25) is 0 Å². The number of piperidine rings is 1. The molecule has 0 unspecified atom stereocenters. The third-order valence-electron chi connectivity index (χ3n) is 9.28. The second-order valence-electron chi connectivity index (χ2n) is 13.7. The maximum Gasteiger partial charge on any atom is 0.508 e. The summed E-state index contributed by atoms with van der Waals surface area (Å²) in [6, 6.07) is 13.3. The third-order valence-corrected chi connectivity index (χ3v) is 9.28. The fourth-order valence-electron chi connectivity index (χ4n) is 6.09. The number of carbonyl (C=O) groups is 3. The smallest absolute Gasteiger partial charge is 0.494 e. The van der Waals surface area contributed by atoms with E-state index in [9.17, 15) is 14.4 Å². The first kappa shape index (κ1) is 41.7. The molecule has 0 aliphatic carbocycles. The number of ether oxygens (including phenoxy) is 5. The van der Waals surface area contributed by atoms with Gasteiger partial charge >= 0.3 is 18.2 Å². The summed E-state index contributed by atoms with van der Waals surface area (Å²) in [7, 11) is 0. The van der Waals surface area contributed by atoms with Gasteiger partial charge in [-0.3, -0.25) is 0 Å². The first-order valence-corrected chi connectivity index (χ1v) is 19.8. The average molecular weight is 710 g/mol. The Balaban J connectivity index is 1.24. The monoisotopic (exact) mass is 709 g/mol. The van der Waals surface area contributed by atoms with Gasteiger partial charge in [-0.2, -0.15) is 0 Å². The van der Waals surface area contributed by atoms with E-state index in [1.807, 2.05) is 0 Å². The lowest BCUT2D eigenvalue weighted by Crippen LogP contribution is -2.42. The van der Waals surface area contributed by atoms with Crippen molar-refractivity contribution in [1.29, 1.82) is 0 Å². The Labute approximate surface area is 306 Å². The largest absolute Gasteiger partial charge is 0.508 e. The number of amides is 1. The van der Waals surface area contributed by atoms with Crippen LogP contribution in [0.25, 0.3) is 0 Å². The van der Waals surface area contributed by atoms with Crippen LogP contribution in [0.15, 0.2) is 48.5 Å². The summed E-state index contributed by atoms with van der Waals surface area (Å²) in [4.78, 5) is 39.1. The number of nitrogens with zero attached hydrogens (tertiary/aromatic N) is 1. The van der Waals surface area contributed by atoms with Crippen LogP contribution < -0.4 is 14.2 Å². The van der Waals surface area contributed by atoms with Gasteiger partial charge in [-0.1, -0.05) is 117 Å². The van der Waals surface area contributed by atoms with E-state index in [2.05, 4.69) is 13.8 Å². The Bertz CT molecular complexity index is 1220. The minimum atomic E-state index is -0.636. The quantitative estimate of drug-likeness (QED) is 0.0570. The zero-order valence-corrected chi connectivity index (χ0v) is 31.4. The minimum Gasteiger partial charge on any atom is -0.494 e. The molecule has 1 fully saturated rings. The normalized spacial score (nSPS) is 13.1. The molecule has 0 bridgehead atoms. The number of unbranched alkanes of at least 4 members (excludes halogenated alkanes) is 16. The molecule has 3 rings (SSSR count). The highest BCUT2D eigenvalue weighted by atomic mass is 16.7. The van der Waals surface area contributed by atoms with Gasteiger partial charge in [0.2, 0.25) is 0 Å². The number of likely N-dealkylation sites (tertiary alicyclic amines) is 1. The summed E-state index contributed by atoms with van der Waals surface area (Å²) < 4.78 is 27.6. The van der Waals surface area contributed by atoms with E-state index in [0.717, 1.165) is 25.0 Å². The fourth-order valence-corrected chi connectivity index (χ4v) is 6.09. The molecule has 284 valence electrons. The van der Waals surface area contributed by atoms with Crippen molar-refractivity contribution in [3.63, 3.8) is 0 Å². The summed E-state index contributed by atoms with van der Waals surface area (Å²) >= 11 is 0. The van der Waals surface area contributed by atoms with Crippen LogP contribution in [0.3, 0.4) is 0 Å². The van der Waals surface area contributed by atoms with Crippen LogP contribution in [-0.2, 0) is 9.47 Å². The predicted molar refractivity (Wildman–Crippen MR) is 201 cm³/mol. The standard InChI is InChI=1S/C42H63NO8/c1-3-5-7-9-11-13-14-16-18-20-34-48-42(46)51-39-29-31-43(32-30-39)41(45)50-38-27-25-37(26-28-38)49-40(44)35-21-23-36(24-22-35)47-33-19-17-15-12-10-8-6-4-2/h21-28,39H,3-20,29-34H2,1-2H3. The van der Waals surface area contributed by atoms with Gasteiger partial charge in [-0.05, 0) is 61.4 Å². The van der Waals surface area contributed by atoms with Crippen molar-refractivity contribution in [3.8, 4) is 17.2 Å². The number of benzene rings is 2. The highest BCUT2D eigenvalue weighted by Crippen LogP contribution is 2.22. The molecule has 0 spiro atoms. The highest BCUT2D eigenvalue weighted by Gasteiger charge is 2.27. The second kappa shape index (κ2) is 26.1. The molecule has 0 radical (unpaired) electrons. The molecule has 0 N–H and O–H groups in total. The molecular formula is C42H63NO8. The number of esters is 1. The van der Waals surface area contributed by atoms with Crippen LogP contribution in [-0.4, -0.2) is 55.5 Å². The van der Waals surface area contributed by atoms with E-state index in [0.29, 0.717) is 56.2 Å². The van der Waals surface area contributed by atoms with Crippen molar-refractivity contribution in [2.45, 2.75) is 148 Å². The van der Waals surface area contributed by atoms with Crippen molar-refractivity contribution in [3.05, 3.63) is 54.1 Å². The average Bonchev–Trinajstić information content (AvgIpc) is 3.14. The first-order valence-electron chi connectivity index (χ1n) is 19.8. The van der Waals surface area contributed by atoms with Crippen molar-refractivity contribution in [1.82, 2.24) is 4.90 Å². The molecule has 1 saturated heterocycles. The Morgan fingerprint density at radius 1 is 0.569 bits per heavy atom. The Hall–Kier alpha value is -3.75. The van der Waals surface area contributed by atoms with E-state index in [1.54, 1.807) is 53.4 Å². The molecule has 51 heavy (non-hydrogen) atoms. The molecule has 0 saturated carbocycles. The Kier molecular flexibility index (Phi) is 21.3. The second-order valence-corrected chi connectivity index (χ2v) is 13.7. The molecular weight excluding hydrogens is 646 g/mol. The van der Waals surface area contributed by atoms with E-state index < -0.39 is 18.2 Å². The number of hydrogen-bond acceptors (Lipinski definition) is 8. The molecule has 2 aromatic rings. The van der Waals surface area contributed by atoms with E-state index in [4.69, 9.17) is 23.7 Å². The van der Waals surface area contributed by atoms with Crippen molar-refractivity contribution < 1.29 is 38.1 Å². The topological polar surface area (TPSA) is 101 Å². The van der Waals surface area contributed by atoms with Gasteiger partial charge in [0.25, 0.3) is 0 Å². The molecule has 1 aliphatic rings. The molecule has 1 amide bonds. The summed E-state index contributed by atoms with van der Waals surface area (Å²) in [6.45, 7) is 6.33. The van der Waals surface area contributed by atoms with Gasteiger partial charge in [0, 0.05) is 25.9 Å². The maximum atomic E-state index is 12.7. The van der Waals surface area contributed by atoms with Crippen molar-refractivity contribution in [2.75, 3.05) is 26.3 Å². The van der Waals surface area contributed by atoms with Gasteiger partial charge in [-0.25, -0.2) is 14.4 Å². The zero-order valence-electron chi connectivity index (χ0n) is 31.4. The van der Waals surface area contributed by atoms with Gasteiger partial charge in [-0.15, -0.1) is 0 Å². The minimum absolute atomic E-state index is 0.285. The number of carbonyl (C=O) groups excluding carboxylic acids is 3. The first-order chi connectivity index (χ1) is 25.0. The van der Waals surface area contributed by atoms with Crippen LogP contribution >= 0.6 is 0 Å². The molecule has 0 aromatic heterocycles. The Morgan fingerprint density at radius 3 is 1.55 bits per heavy atom. The van der Waals surface area contributed by atoms with Gasteiger partial charge in [0.15, 0.2) is 0 Å². The van der Waals surface area contributed by atoms with Crippen molar-refractivity contribution >= 4 is 18.2 Å². The zero-order chi connectivity index (χ0) is 36.4. The van der Waals surface area contributed by atoms with E-state index >= 15 is 0 Å². The van der Waals surface area contributed by atoms with Gasteiger partial charge < -0.3 is 28.6 Å².